The van der Waals surface area contributed by atoms with Crippen LogP contribution in [-0.2, 0) is 0 Å². The molecule has 1 heterocycles. The maximum atomic E-state index is 5.85. The number of benzene rings is 1. The van der Waals surface area contributed by atoms with Gasteiger partial charge in [0.1, 0.15) is 5.75 Å². The standard InChI is InChI=1S/C17H23NO/c1-3-4-5-6-12-19-17-10-9-15(13-14(17)2)16-8-7-11-18-16/h7-11,13,18H,3-6,12H2,1-2H3. The number of rotatable bonds is 7. The van der Waals surface area contributed by atoms with Gasteiger partial charge in [-0.2, -0.15) is 0 Å². The highest BCUT2D eigenvalue weighted by Crippen LogP contribution is 2.25. The zero-order chi connectivity index (χ0) is 13.5. The molecule has 2 rings (SSSR count). The van der Waals surface area contributed by atoms with Crippen molar-refractivity contribution in [2.75, 3.05) is 6.61 Å². The quantitative estimate of drug-likeness (QED) is 0.697. The molecule has 0 atom stereocenters. The predicted molar refractivity (Wildman–Crippen MR) is 80.6 cm³/mol. The fourth-order valence-corrected chi connectivity index (χ4v) is 2.20. The second-order valence-electron chi connectivity index (χ2n) is 4.97. The Labute approximate surface area is 115 Å². The normalized spacial score (nSPS) is 10.6. The smallest absolute Gasteiger partial charge is 0.122 e. The van der Waals surface area contributed by atoms with E-state index in [1.807, 2.05) is 12.3 Å². The molecule has 102 valence electrons. The van der Waals surface area contributed by atoms with Crippen LogP contribution in [0.4, 0.5) is 0 Å². The van der Waals surface area contributed by atoms with Crippen molar-refractivity contribution >= 4 is 0 Å². The average Bonchev–Trinajstić information content (AvgIpc) is 2.94. The summed E-state index contributed by atoms with van der Waals surface area (Å²) in [7, 11) is 0. The van der Waals surface area contributed by atoms with Crippen molar-refractivity contribution in [3.63, 3.8) is 0 Å². The topological polar surface area (TPSA) is 25.0 Å². The van der Waals surface area contributed by atoms with E-state index in [4.69, 9.17) is 4.74 Å². The van der Waals surface area contributed by atoms with Crippen LogP contribution in [0, 0.1) is 6.92 Å². The van der Waals surface area contributed by atoms with Crippen LogP contribution in [0.3, 0.4) is 0 Å². The van der Waals surface area contributed by atoms with Crippen LogP contribution in [0.2, 0.25) is 0 Å². The van der Waals surface area contributed by atoms with E-state index in [-0.39, 0.29) is 0 Å². The molecule has 0 saturated heterocycles. The maximum absolute atomic E-state index is 5.85. The Morgan fingerprint density at radius 1 is 1.11 bits per heavy atom. The third-order valence-corrected chi connectivity index (χ3v) is 3.34. The second-order valence-corrected chi connectivity index (χ2v) is 4.97. The minimum Gasteiger partial charge on any atom is -0.493 e. The van der Waals surface area contributed by atoms with Gasteiger partial charge in [-0.05, 0) is 54.8 Å². The van der Waals surface area contributed by atoms with Crippen LogP contribution < -0.4 is 4.74 Å². The lowest BCUT2D eigenvalue weighted by atomic mass is 10.1. The van der Waals surface area contributed by atoms with Gasteiger partial charge in [-0.15, -0.1) is 0 Å². The minimum absolute atomic E-state index is 0.822. The summed E-state index contributed by atoms with van der Waals surface area (Å²) >= 11 is 0. The van der Waals surface area contributed by atoms with Gasteiger partial charge in [-0.25, -0.2) is 0 Å². The van der Waals surface area contributed by atoms with Gasteiger partial charge in [0.05, 0.1) is 6.61 Å². The van der Waals surface area contributed by atoms with Crippen molar-refractivity contribution in [3.05, 3.63) is 42.1 Å². The molecule has 1 aromatic heterocycles. The number of hydrogen-bond acceptors (Lipinski definition) is 1. The van der Waals surface area contributed by atoms with E-state index >= 15 is 0 Å². The lowest BCUT2D eigenvalue weighted by Crippen LogP contribution is -1.99. The van der Waals surface area contributed by atoms with E-state index in [1.165, 1.54) is 30.4 Å². The molecule has 2 heteroatoms. The first-order valence-electron chi connectivity index (χ1n) is 7.18. The Hall–Kier alpha value is -1.70. The first kappa shape index (κ1) is 13.7. The Bertz CT molecular complexity index is 488. The largest absolute Gasteiger partial charge is 0.493 e. The Balaban J connectivity index is 1.92. The highest BCUT2D eigenvalue weighted by atomic mass is 16.5. The second kappa shape index (κ2) is 7.03. The molecule has 0 amide bonds. The summed E-state index contributed by atoms with van der Waals surface area (Å²) in [5.41, 5.74) is 3.56. The van der Waals surface area contributed by atoms with Gasteiger partial charge >= 0.3 is 0 Å². The molecule has 0 spiro atoms. The molecule has 2 aromatic rings. The summed E-state index contributed by atoms with van der Waals surface area (Å²) in [6.45, 7) is 5.15. The van der Waals surface area contributed by atoms with Crippen molar-refractivity contribution in [2.24, 2.45) is 0 Å². The SMILES string of the molecule is CCCCCCOc1ccc(-c2ccc[nH]2)cc1C. The number of nitrogens with one attached hydrogen (secondary N) is 1. The molecule has 0 saturated carbocycles. The summed E-state index contributed by atoms with van der Waals surface area (Å²) < 4.78 is 5.85. The first-order chi connectivity index (χ1) is 9.31. The van der Waals surface area contributed by atoms with Crippen molar-refractivity contribution < 1.29 is 4.74 Å². The summed E-state index contributed by atoms with van der Waals surface area (Å²) in [6, 6.07) is 10.5. The van der Waals surface area contributed by atoms with Crippen molar-refractivity contribution in [3.8, 4) is 17.0 Å². The molecular weight excluding hydrogens is 234 g/mol. The van der Waals surface area contributed by atoms with Crippen molar-refractivity contribution in [1.29, 1.82) is 0 Å². The van der Waals surface area contributed by atoms with E-state index in [0.717, 1.165) is 24.5 Å². The van der Waals surface area contributed by atoms with Crippen LogP contribution in [0.5, 0.6) is 5.75 Å². The van der Waals surface area contributed by atoms with Crippen molar-refractivity contribution in [1.82, 2.24) is 4.98 Å². The average molecular weight is 257 g/mol. The molecule has 19 heavy (non-hydrogen) atoms. The number of unbranched alkanes of at least 4 members (excludes halogenated alkanes) is 3. The van der Waals surface area contributed by atoms with Crippen LogP contribution >= 0.6 is 0 Å². The Morgan fingerprint density at radius 3 is 2.68 bits per heavy atom. The van der Waals surface area contributed by atoms with Crippen molar-refractivity contribution in [2.45, 2.75) is 39.5 Å². The molecule has 0 fully saturated rings. The summed E-state index contributed by atoms with van der Waals surface area (Å²) in [5.74, 6) is 1.01. The van der Waals surface area contributed by atoms with Crippen LogP contribution in [0.15, 0.2) is 36.5 Å². The number of aromatic amines is 1. The Morgan fingerprint density at radius 2 is 2.00 bits per heavy atom. The van der Waals surface area contributed by atoms with Gasteiger partial charge in [-0.1, -0.05) is 26.2 Å². The fourth-order valence-electron chi connectivity index (χ4n) is 2.20. The summed E-state index contributed by atoms with van der Waals surface area (Å²) in [4.78, 5) is 3.23. The third kappa shape index (κ3) is 3.88. The lowest BCUT2D eigenvalue weighted by molar-refractivity contribution is 0.303. The highest BCUT2D eigenvalue weighted by molar-refractivity contribution is 5.62. The number of aromatic nitrogens is 1. The van der Waals surface area contributed by atoms with E-state index < -0.39 is 0 Å². The number of ether oxygens (including phenoxy) is 1. The van der Waals surface area contributed by atoms with Gasteiger partial charge in [0.25, 0.3) is 0 Å². The molecule has 0 unspecified atom stereocenters. The van der Waals surface area contributed by atoms with Gasteiger partial charge in [0, 0.05) is 11.9 Å². The van der Waals surface area contributed by atoms with E-state index in [0.29, 0.717) is 0 Å². The molecule has 2 nitrogen and oxygen atoms in total. The van der Waals surface area contributed by atoms with Gasteiger partial charge in [-0.3, -0.25) is 0 Å². The Kier molecular flexibility index (Phi) is 5.08. The van der Waals surface area contributed by atoms with Crippen LogP contribution in [0.25, 0.3) is 11.3 Å². The number of hydrogen-bond donors (Lipinski definition) is 1. The zero-order valence-corrected chi connectivity index (χ0v) is 11.9. The zero-order valence-electron chi connectivity index (χ0n) is 11.9. The van der Waals surface area contributed by atoms with Gasteiger partial charge < -0.3 is 9.72 Å². The molecule has 0 aliphatic heterocycles. The van der Waals surface area contributed by atoms with E-state index in [1.54, 1.807) is 0 Å². The van der Waals surface area contributed by atoms with Crippen LogP contribution in [0.1, 0.15) is 38.2 Å². The summed E-state index contributed by atoms with van der Waals surface area (Å²) in [6.07, 6.45) is 6.92. The third-order valence-electron chi connectivity index (χ3n) is 3.34. The highest BCUT2D eigenvalue weighted by Gasteiger charge is 2.03. The van der Waals surface area contributed by atoms with E-state index in [9.17, 15) is 0 Å². The molecule has 0 bridgehead atoms. The van der Waals surface area contributed by atoms with Gasteiger partial charge in [0.15, 0.2) is 0 Å². The number of aryl methyl sites for hydroxylation is 1. The number of H-pyrrole nitrogens is 1. The molecule has 0 aliphatic carbocycles. The van der Waals surface area contributed by atoms with Crippen LogP contribution in [-0.4, -0.2) is 11.6 Å². The lowest BCUT2D eigenvalue weighted by Gasteiger charge is -2.10. The maximum Gasteiger partial charge on any atom is 0.122 e. The fraction of sp³-hybridized carbons (Fsp3) is 0.412. The van der Waals surface area contributed by atoms with E-state index in [2.05, 4.69) is 43.1 Å². The molecule has 1 N–H and O–H groups in total. The van der Waals surface area contributed by atoms with Gasteiger partial charge in [0.2, 0.25) is 0 Å². The minimum atomic E-state index is 0.822. The molecule has 0 aliphatic rings. The molecule has 1 aromatic carbocycles. The monoisotopic (exact) mass is 257 g/mol. The predicted octanol–water partition coefficient (Wildman–Crippen LogP) is 4.95. The molecular formula is C17H23NO. The summed E-state index contributed by atoms with van der Waals surface area (Å²) in [5, 5.41) is 0. The first-order valence-corrected chi connectivity index (χ1v) is 7.18. The molecule has 0 radical (unpaired) electrons.